The molecule has 0 rings (SSSR count). The molecule has 4 heteroatoms. The fourth-order valence-corrected chi connectivity index (χ4v) is 2.39. The summed E-state index contributed by atoms with van der Waals surface area (Å²) in [5.74, 6) is -1.36. The second-order valence-electron chi connectivity index (χ2n) is 6.18. The number of hydrogen-bond acceptors (Lipinski definition) is 2. The third-order valence-electron chi connectivity index (χ3n) is 3.82. The van der Waals surface area contributed by atoms with E-state index in [4.69, 9.17) is 5.11 Å². The maximum atomic E-state index is 11.2. The number of hydrogen-bond donors (Lipinski definition) is 2. The first-order valence-electron chi connectivity index (χ1n) is 9.48. The number of carboxylic acids is 1. The number of aliphatic carboxylic acids is 1. The van der Waals surface area contributed by atoms with E-state index in [-0.39, 0.29) is 12.5 Å². The number of carbonyl (C=O) groups is 2. The van der Waals surface area contributed by atoms with Crippen LogP contribution in [0.4, 0.5) is 0 Å². The molecule has 0 radical (unpaired) electrons. The summed E-state index contributed by atoms with van der Waals surface area (Å²) in [6.07, 6.45) is 22.6. The summed E-state index contributed by atoms with van der Waals surface area (Å²) in [4.78, 5) is 21.5. The first kappa shape index (κ1) is 22.4. The molecule has 0 heterocycles. The van der Waals surface area contributed by atoms with Crippen molar-refractivity contribution in [2.75, 3.05) is 6.54 Å². The van der Waals surface area contributed by atoms with E-state index < -0.39 is 5.97 Å². The number of carboxylic acid groups (broad SMARTS) is 1. The van der Waals surface area contributed by atoms with Gasteiger partial charge in [-0.2, -0.15) is 0 Å². The molecule has 0 saturated carbocycles. The average Bonchev–Trinajstić information content (AvgIpc) is 2.56. The molecule has 0 aromatic heterocycles. The van der Waals surface area contributed by atoms with Crippen LogP contribution in [-0.2, 0) is 9.59 Å². The van der Waals surface area contributed by atoms with Crippen LogP contribution in [-0.4, -0.2) is 23.5 Å². The molecule has 138 valence electrons. The number of rotatable bonds is 16. The van der Waals surface area contributed by atoms with Gasteiger partial charge in [-0.05, 0) is 44.6 Å². The topological polar surface area (TPSA) is 66.4 Å². The Morgan fingerprint density at radius 1 is 0.792 bits per heavy atom. The lowest BCUT2D eigenvalue weighted by Crippen LogP contribution is -2.27. The van der Waals surface area contributed by atoms with Gasteiger partial charge in [0.25, 0.3) is 0 Å². The maximum absolute atomic E-state index is 11.2. The van der Waals surface area contributed by atoms with E-state index in [2.05, 4.69) is 24.4 Å². The van der Waals surface area contributed by atoms with Crippen LogP contribution in [0.2, 0.25) is 0 Å². The minimum absolute atomic E-state index is 0.323. The zero-order chi connectivity index (χ0) is 17.9. The summed E-state index contributed by atoms with van der Waals surface area (Å²) in [5.41, 5.74) is 0. The third-order valence-corrected chi connectivity index (χ3v) is 3.82. The van der Waals surface area contributed by atoms with Crippen LogP contribution < -0.4 is 5.32 Å². The smallest absolute Gasteiger partial charge is 0.322 e. The fourth-order valence-electron chi connectivity index (χ4n) is 2.39. The fraction of sp³-hybridized carbons (Fsp3) is 0.700. The molecule has 0 atom stereocenters. The van der Waals surface area contributed by atoms with E-state index in [1.807, 2.05) is 6.08 Å². The van der Waals surface area contributed by atoms with Crippen molar-refractivity contribution in [3.05, 3.63) is 24.3 Å². The summed E-state index contributed by atoms with van der Waals surface area (Å²) in [6, 6.07) is 0. The number of allylic oxidation sites excluding steroid dienone is 3. The molecule has 0 aliphatic rings. The molecule has 0 aliphatic heterocycles. The van der Waals surface area contributed by atoms with Gasteiger partial charge in [0.05, 0.1) is 0 Å². The molecule has 0 saturated heterocycles. The molecule has 0 spiro atoms. The van der Waals surface area contributed by atoms with Crippen molar-refractivity contribution in [3.63, 3.8) is 0 Å². The third kappa shape index (κ3) is 18.5. The van der Waals surface area contributed by atoms with Crippen molar-refractivity contribution in [1.29, 1.82) is 0 Å². The van der Waals surface area contributed by atoms with Gasteiger partial charge in [0.1, 0.15) is 6.54 Å². The summed E-state index contributed by atoms with van der Waals surface area (Å²) in [6.45, 7) is 1.92. The first-order valence-corrected chi connectivity index (χ1v) is 9.48. The summed E-state index contributed by atoms with van der Waals surface area (Å²) in [7, 11) is 0. The molecule has 2 N–H and O–H groups in total. The van der Waals surface area contributed by atoms with E-state index in [0.29, 0.717) is 0 Å². The van der Waals surface area contributed by atoms with Gasteiger partial charge in [-0.25, -0.2) is 0 Å². The van der Waals surface area contributed by atoms with Gasteiger partial charge in [-0.15, -0.1) is 0 Å². The highest BCUT2D eigenvalue weighted by Gasteiger charge is 1.98. The molecule has 1 amide bonds. The number of nitrogens with one attached hydrogen (secondary N) is 1. The molecular formula is C20H35NO3. The van der Waals surface area contributed by atoms with Gasteiger partial charge >= 0.3 is 5.97 Å². The Balaban J connectivity index is 3.29. The van der Waals surface area contributed by atoms with Crippen molar-refractivity contribution in [2.45, 2.75) is 84.0 Å². The lowest BCUT2D eigenvalue weighted by Gasteiger charge is -1.99. The lowest BCUT2D eigenvalue weighted by molar-refractivity contribution is -0.137. The molecule has 0 fully saturated rings. The second-order valence-corrected chi connectivity index (χ2v) is 6.18. The zero-order valence-corrected chi connectivity index (χ0v) is 15.3. The van der Waals surface area contributed by atoms with Crippen LogP contribution >= 0.6 is 0 Å². The van der Waals surface area contributed by atoms with E-state index in [0.717, 1.165) is 12.8 Å². The summed E-state index contributed by atoms with van der Waals surface area (Å²) >= 11 is 0. The zero-order valence-electron chi connectivity index (χ0n) is 15.3. The minimum atomic E-state index is -1.02. The standard InChI is InChI=1S/C20H35NO3/c1-2-3-4-5-6-7-8-9-10-11-12-13-14-15-16-17-19(22)21-18-20(23)24/h7-8,16-17H,2-6,9-15,18H2,1H3,(H,21,22)(H,23,24). The molecule has 0 aromatic rings. The van der Waals surface area contributed by atoms with Gasteiger partial charge < -0.3 is 10.4 Å². The molecule has 0 bridgehead atoms. The van der Waals surface area contributed by atoms with Gasteiger partial charge in [-0.1, -0.05) is 63.7 Å². The van der Waals surface area contributed by atoms with Crippen molar-refractivity contribution in [1.82, 2.24) is 5.32 Å². The Hall–Kier alpha value is -1.58. The van der Waals surface area contributed by atoms with E-state index >= 15 is 0 Å². The lowest BCUT2D eigenvalue weighted by atomic mass is 10.1. The second kappa shape index (κ2) is 17.8. The normalized spacial score (nSPS) is 11.4. The number of amides is 1. The Kier molecular flexibility index (Phi) is 16.6. The van der Waals surface area contributed by atoms with Crippen molar-refractivity contribution in [3.8, 4) is 0 Å². The van der Waals surface area contributed by atoms with Crippen LogP contribution in [0.15, 0.2) is 24.3 Å². The Labute approximate surface area is 147 Å². The van der Waals surface area contributed by atoms with Crippen LogP contribution in [0.5, 0.6) is 0 Å². The van der Waals surface area contributed by atoms with Crippen LogP contribution in [0.1, 0.15) is 84.0 Å². The molecule has 0 aliphatic carbocycles. The SMILES string of the molecule is CCCCCCC=CCCCCCCCC=CC(=O)NCC(=O)O. The van der Waals surface area contributed by atoms with E-state index in [1.54, 1.807) is 0 Å². The number of unbranched alkanes of at least 4 members (excludes halogenated alkanes) is 10. The molecule has 0 aromatic carbocycles. The molecule has 0 unspecified atom stereocenters. The predicted molar refractivity (Wildman–Crippen MR) is 100 cm³/mol. The van der Waals surface area contributed by atoms with Gasteiger partial charge in [0, 0.05) is 0 Å². The monoisotopic (exact) mass is 337 g/mol. The first-order chi connectivity index (χ1) is 11.7. The van der Waals surface area contributed by atoms with Gasteiger partial charge in [0.15, 0.2) is 0 Å². The van der Waals surface area contributed by atoms with Crippen LogP contribution in [0.25, 0.3) is 0 Å². The van der Waals surface area contributed by atoms with Crippen LogP contribution in [0.3, 0.4) is 0 Å². The number of carbonyl (C=O) groups excluding carboxylic acids is 1. The highest BCUT2D eigenvalue weighted by atomic mass is 16.4. The molecule has 4 nitrogen and oxygen atoms in total. The largest absolute Gasteiger partial charge is 0.480 e. The summed E-state index contributed by atoms with van der Waals surface area (Å²) in [5, 5.41) is 10.7. The Bertz CT molecular complexity index is 375. The van der Waals surface area contributed by atoms with Crippen molar-refractivity contribution in [2.24, 2.45) is 0 Å². The maximum Gasteiger partial charge on any atom is 0.322 e. The quantitative estimate of drug-likeness (QED) is 0.236. The average molecular weight is 338 g/mol. The highest BCUT2D eigenvalue weighted by molar-refractivity contribution is 5.89. The van der Waals surface area contributed by atoms with Crippen LogP contribution in [0, 0.1) is 0 Å². The van der Waals surface area contributed by atoms with Crippen molar-refractivity contribution >= 4 is 11.9 Å². The van der Waals surface area contributed by atoms with Crippen molar-refractivity contribution < 1.29 is 14.7 Å². The molecular weight excluding hydrogens is 302 g/mol. The molecule has 24 heavy (non-hydrogen) atoms. The van der Waals surface area contributed by atoms with E-state index in [9.17, 15) is 9.59 Å². The highest BCUT2D eigenvalue weighted by Crippen LogP contribution is 2.09. The Morgan fingerprint density at radius 2 is 1.29 bits per heavy atom. The van der Waals surface area contributed by atoms with Gasteiger partial charge in [-0.3, -0.25) is 9.59 Å². The summed E-state index contributed by atoms with van der Waals surface area (Å²) < 4.78 is 0. The van der Waals surface area contributed by atoms with Gasteiger partial charge in [0.2, 0.25) is 5.91 Å². The Morgan fingerprint density at radius 3 is 1.83 bits per heavy atom. The minimum Gasteiger partial charge on any atom is -0.480 e. The predicted octanol–water partition coefficient (Wildman–Crippen LogP) is 5.00. The van der Waals surface area contributed by atoms with E-state index in [1.165, 1.54) is 70.3 Å².